The molecule has 3 aromatic heterocycles. The van der Waals surface area contributed by atoms with Gasteiger partial charge in [0, 0.05) is 37.8 Å². The standard InChI is InChI=1S/C21H19F2N9/c22-12-3-11(4-13(23)5-12)6-26-21-24-2-1-16(28-21)20-25-8-18(29-20)32-9-14-15(10-32)19(14)17-7-27-31-30-17/h1-5,7-8,14-15,19H,6,9-10H2,(H,25,29)(H,24,26,28)(H,27,30,31). The van der Waals surface area contributed by atoms with Gasteiger partial charge in [-0.05, 0) is 35.6 Å². The van der Waals surface area contributed by atoms with Crippen LogP contribution in [-0.2, 0) is 6.54 Å². The van der Waals surface area contributed by atoms with Gasteiger partial charge < -0.3 is 15.2 Å². The first kappa shape index (κ1) is 18.8. The van der Waals surface area contributed by atoms with E-state index < -0.39 is 11.6 Å². The first-order chi connectivity index (χ1) is 15.6. The molecule has 4 heterocycles. The van der Waals surface area contributed by atoms with E-state index in [-0.39, 0.29) is 6.54 Å². The fourth-order valence-corrected chi connectivity index (χ4v) is 4.61. The summed E-state index contributed by atoms with van der Waals surface area (Å²) in [5.74, 6) is 2.38. The SMILES string of the molecule is Fc1cc(F)cc(CNc2nccc(-c3ncc(N4CC5C(C4)C5c4cn[nH]n4)[nH]3)n2)c1. The van der Waals surface area contributed by atoms with Crippen molar-refractivity contribution in [3.8, 4) is 11.5 Å². The van der Waals surface area contributed by atoms with Crippen LogP contribution in [0.5, 0.6) is 0 Å². The summed E-state index contributed by atoms with van der Waals surface area (Å²) < 4.78 is 26.7. The van der Waals surface area contributed by atoms with Crippen LogP contribution in [0.25, 0.3) is 11.5 Å². The number of rotatable bonds is 6. The van der Waals surface area contributed by atoms with Gasteiger partial charge in [-0.1, -0.05) is 0 Å². The quantitative estimate of drug-likeness (QED) is 0.427. The third kappa shape index (κ3) is 3.45. The van der Waals surface area contributed by atoms with Crippen molar-refractivity contribution < 1.29 is 8.78 Å². The summed E-state index contributed by atoms with van der Waals surface area (Å²) in [5, 5.41) is 13.8. The monoisotopic (exact) mass is 435 g/mol. The molecule has 2 unspecified atom stereocenters. The number of halogens is 2. The Morgan fingerprint density at radius 1 is 1.06 bits per heavy atom. The molecule has 2 atom stereocenters. The van der Waals surface area contributed by atoms with E-state index in [0.29, 0.717) is 40.8 Å². The van der Waals surface area contributed by atoms with Gasteiger partial charge in [0.15, 0.2) is 5.82 Å². The Bertz CT molecular complexity index is 1220. The predicted octanol–water partition coefficient (Wildman–Crippen LogP) is 2.72. The molecule has 11 heteroatoms. The first-order valence-corrected chi connectivity index (χ1v) is 10.3. The van der Waals surface area contributed by atoms with E-state index >= 15 is 0 Å². The number of hydrogen-bond donors (Lipinski definition) is 3. The zero-order chi connectivity index (χ0) is 21.7. The topological polar surface area (TPSA) is 111 Å². The van der Waals surface area contributed by atoms with Crippen LogP contribution in [-0.4, -0.2) is 48.4 Å². The van der Waals surface area contributed by atoms with Gasteiger partial charge in [-0.15, -0.1) is 0 Å². The molecule has 2 aliphatic rings. The van der Waals surface area contributed by atoms with Crippen molar-refractivity contribution >= 4 is 11.8 Å². The molecule has 6 rings (SSSR count). The molecule has 32 heavy (non-hydrogen) atoms. The van der Waals surface area contributed by atoms with Gasteiger partial charge in [0.05, 0.1) is 18.1 Å². The number of aromatic amines is 2. The third-order valence-electron chi connectivity index (χ3n) is 6.14. The third-order valence-corrected chi connectivity index (χ3v) is 6.14. The van der Waals surface area contributed by atoms with Crippen molar-refractivity contribution in [3.05, 3.63) is 65.7 Å². The number of nitrogens with zero attached hydrogens (tertiary/aromatic N) is 6. The Balaban J connectivity index is 1.12. The van der Waals surface area contributed by atoms with Crippen LogP contribution in [0.4, 0.5) is 20.5 Å². The highest BCUT2D eigenvalue weighted by atomic mass is 19.1. The van der Waals surface area contributed by atoms with E-state index in [2.05, 4.69) is 45.6 Å². The molecule has 1 aliphatic carbocycles. The van der Waals surface area contributed by atoms with Crippen molar-refractivity contribution in [3.63, 3.8) is 0 Å². The largest absolute Gasteiger partial charge is 0.356 e. The average molecular weight is 435 g/mol. The number of benzene rings is 1. The highest BCUT2D eigenvalue weighted by molar-refractivity contribution is 5.56. The number of anilines is 2. The number of fused-ring (bicyclic) bond motifs is 1. The summed E-state index contributed by atoms with van der Waals surface area (Å²) in [6.07, 6.45) is 5.25. The van der Waals surface area contributed by atoms with E-state index in [1.54, 1.807) is 12.3 Å². The molecule has 0 spiro atoms. The van der Waals surface area contributed by atoms with Crippen molar-refractivity contribution in [2.75, 3.05) is 23.3 Å². The van der Waals surface area contributed by atoms with Crippen molar-refractivity contribution in [1.29, 1.82) is 0 Å². The highest BCUT2D eigenvalue weighted by Crippen LogP contribution is 2.57. The fourth-order valence-electron chi connectivity index (χ4n) is 4.61. The van der Waals surface area contributed by atoms with E-state index in [1.807, 2.05) is 12.4 Å². The van der Waals surface area contributed by atoms with Crippen molar-refractivity contribution in [1.82, 2.24) is 35.3 Å². The van der Waals surface area contributed by atoms with Gasteiger partial charge in [0.25, 0.3) is 0 Å². The summed E-state index contributed by atoms with van der Waals surface area (Å²) in [6, 6.07) is 5.14. The summed E-state index contributed by atoms with van der Waals surface area (Å²) in [4.78, 5) is 18.8. The van der Waals surface area contributed by atoms with Crippen LogP contribution < -0.4 is 10.2 Å². The van der Waals surface area contributed by atoms with Crippen molar-refractivity contribution in [2.45, 2.75) is 12.5 Å². The molecule has 3 N–H and O–H groups in total. The summed E-state index contributed by atoms with van der Waals surface area (Å²) in [7, 11) is 0. The van der Waals surface area contributed by atoms with Crippen LogP contribution >= 0.6 is 0 Å². The van der Waals surface area contributed by atoms with Gasteiger partial charge in [0.2, 0.25) is 5.95 Å². The van der Waals surface area contributed by atoms with Crippen LogP contribution in [0.15, 0.2) is 42.9 Å². The minimum atomic E-state index is -0.619. The number of H-pyrrole nitrogens is 2. The van der Waals surface area contributed by atoms with Crippen LogP contribution in [0.2, 0.25) is 0 Å². The Labute approximate surface area is 181 Å². The van der Waals surface area contributed by atoms with Gasteiger partial charge in [-0.2, -0.15) is 15.4 Å². The second-order valence-corrected chi connectivity index (χ2v) is 8.17. The minimum absolute atomic E-state index is 0.199. The van der Waals surface area contributed by atoms with Gasteiger partial charge in [0.1, 0.15) is 23.1 Å². The number of hydrogen-bond acceptors (Lipinski definition) is 7. The number of piperidine rings is 1. The zero-order valence-electron chi connectivity index (χ0n) is 16.8. The van der Waals surface area contributed by atoms with Crippen molar-refractivity contribution in [2.24, 2.45) is 11.8 Å². The molecular formula is C21H19F2N9. The molecule has 9 nitrogen and oxygen atoms in total. The summed E-state index contributed by atoms with van der Waals surface area (Å²) >= 11 is 0. The van der Waals surface area contributed by atoms with Crippen LogP contribution in [0, 0.1) is 23.5 Å². The highest BCUT2D eigenvalue weighted by Gasteiger charge is 2.57. The van der Waals surface area contributed by atoms with Gasteiger partial charge in [-0.25, -0.2) is 23.7 Å². The molecular weight excluding hydrogens is 416 g/mol. The summed E-state index contributed by atoms with van der Waals surface area (Å²) in [5.41, 5.74) is 2.14. The Morgan fingerprint density at radius 2 is 1.88 bits per heavy atom. The second-order valence-electron chi connectivity index (χ2n) is 8.17. The number of aromatic nitrogens is 7. The van der Waals surface area contributed by atoms with Gasteiger partial charge >= 0.3 is 0 Å². The zero-order valence-corrected chi connectivity index (χ0v) is 16.8. The number of nitrogens with one attached hydrogen (secondary N) is 3. The lowest BCUT2D eigenvalue weighted by Crippen LogP contribution is -2.23. The molecule has 2 fully saturated rings. The molecule has 0 amide bonds. The smallest absolute Gasteiger partial charge is 0.223 e. The maximum Gasteiger partial charge on any atom is 0.223 e. The van der Waals surface area contributed by atoms with Gasteiger partial charge in [-0.3, -0.25) is 0 Å². The maximum absolute atomic E-state index is 13.4. The lowest BCUT2D eigenvalue weighted by atomic mass is 10.2. The lowest BCUT2D eigenvalue weighted by molar-refractivity contribution is 0.580. The lowest BCUT2D eigenvalue weighted by Gasteiger charge is -2.19. The maximum atomic E-state index is 13.4. The molecule has 162 valence electrons. The molecule has 0 radical (unpaired) electrons. The Kier molecular flexibility index (Phi) is 4.33. The first-order valence-electron chi connectivity index (χ1n) is 10.3. The molecule has 1 saturated carbocycles. The van der Waals surface area contributed by atoms with E-state index in [9.17, 15) is 8.78 Å². The molecule has 0 bridgehead atoms. The van der Waals surface area contributed by atoms with E-state index in [0.717, 1.165) is 30.7 Å². The molecule has 1 aliphatic heterocycles. The Morgan fingerprint density at radius 3 is 2.62 bits per heavy atom. The van der Waals surface area contributed by atoms with E-state index in [1.165, 1.54) is 12.1 Å². The second kappa shape index (κ2) is 7.36. The van der Waals surface area contributed by atoms with Crippen LogP contribution in [0.3, 0.4) is 0 Å². The van der Waals surface area contributed by atoms with Crippen LogP contribution in [0.1, 0.15) is 17.2 Å². The molecule has 4 aromatic rings. The Hall–Kier alpha value is -3.89. The molecule has 1 aromatic carbocycles. The normalized spacial score (nSPS) is 21.6. The number of imidazole rings is 1. The predicted molar refractivity (Wildman–Crippen MR) is 112 cm³/mol. The molecule has 1 saturated heterocycles. The minimum Gasteiger partial charge on any atom is -0.356 e. The average Bonchev–Trinajstić information content (AvgIpc) is 3.32. The summed E-state index contributed by atoms with van der Waals surface area (Å²) in [6.45, 7) is 2.10. The van der Waals surface area contributed by atoms with E-state index in [4.69, 9.17) is 0 Å². The fraction of sp³-hybridized carbons (Fsp3) is 0.286.